The van der Waals surface area contributed by atoms with Crippen LogP contribution in [0.1, 0.15) is 18.6 Å². The lowest BCUT2D eigenvalue weighted by atomic mass is 9.85. The van der Waals surface area contributed by atoms with Gasteiger partial charge in [0.15, 0.2) is 0 Å². The smallest absolute Gasteiger partial charge is 0.254 e. The molecule has 0 saturated carbocycles. The van der Waals surface area contributed by atoms with Crippen molar-refractivity contribution in [3.63, 3.8) is 0 Å². The molecule has 9 heteroatoms. The maximum atomic E-state index is 13.9. The minimum atomic E-state index is -0.767. The standard InChI is InChI=1S/C26H21FN4O3S/c1-16-23(25(33)30-17-8-3-2-4-9-17)24(21-12-7-13-34-21)18(14-28)26(29-16)35-15-22(32)31-20-11-6-5-10-19(20)27/h2-13,24,29H,15H2,1H3,(H,30,33)(H,31,32)/t24-/m0/s1. The van der Waals surface area contributed by atoms with Crippen molar-refractivity contribution >= 4 is 35.0 Å². The topological polar surface area (TPSA) is 107 Å². The van der Waals surface area contributed by atoms with E-state index in [2.05, 4.69) is 22.0 Å². The van der Waals surface area contributed by atoms with Crippen molar-refractivity contribution in [1.82, 2.24) is 5.32 Å². The Balaban J connectivity index is 1.58. The zero-order valence-corrected chi connectivity index (χ0v) is 19.5. The normalized spacial score (nSPS) is 15.3. The monoisotopic (exact) mass is 488 g/mol. The first-order chi connectivity index (χ1) is 17.0. The molecule has 1 aliphatic heterocycles. The first-order valence-electron chi connectivity index (χ1n) is 10.7. The molecule has 1 atom stereocenters. The number of anilines is 2. The van der Waals surface area contributed by atoms with Crippen molar-refractivity contribution in [1.29, 1.82) is 5.26 Å². The Kier molecular flexibility index (Phi) is 7.33. The molecule has 176 valence electrons. The summed E-state index contributed by atoms with van der Waals surface area (Å²) in [6.45, 7) is 1.73. The molecule has 0 spiro atoms. The molecule has 1 aliphatic rings. The lowest BCUT2D eigenvalue weighted by Gasteiger charge is -2.28. The van der Waals surface area contributed by atoms with Gasteiger partial charge in [-0.15, -0.1) is 0 Å². The molecule has 0 saturated heterocycles. The highest BCUT2D eigenvalue weighted by molar-refractivity contribution is 8.03. The van der Waals surface area contributed by atoms with E-state index >= 15 is 0 Å². The molecule has 0 aliphatic carbocycles. The number of amides is 2. The van der Waals surface area contributed by atoms with Crippen LogP contribution in [0.2, 0.25) is 0 Å². The number of halogens is 1. The number of dihydropyridines is 1. The van der Waals surface area contributed by atoms with Gasteiger partial charge >= 0.3 is 0 Å². The predicted molar refractivity (Wildman–Crippen MR) is 132 cm³/mol. The fraction of sp³-hybridized carbons (Fsp3) is 0.115. The average Bonchev–Trinajstić information content (AvgIpc) is 3.39. The van der Waals surface area contributed by atoms with Gasteiger partial charge in [0, 0.05) is 11.4 Å². The van der Waals surface area contributed by atoms with Gasteiger partial charge in [0.05, 0.1) is 45.9 Å². The number of hydrogen-bond acceptors (Lipinski definition) is 6. The lowest BCUT2D eigenvalue weighted by Crippen LogP contribution is -2.31. The maximum Gasteiger partial charge on any atom is 0.254 e. The molecule has 0 unspecified atom stereocenters. The molecule has 3 N–H and O–H groups in total. The fourth-order valence-corrected chi connectivity index (χ4v) is 4.57. The number of furan rings is 1. The number of rotatable bonds is 7. The summed E-state index contributed by atoms with van der Waals surface area (Å²) < 4.78 is 19.4. The number of nitriles is 1. The number of hydrogen-bond donors (Lipinski definition) is 3. The van der Waals surface area contributed by atoms with E-state index in [9.17, 15) is 19.2 Å². The highest BCUT2D eigenvalue weighted by atomic mass is 32.2. The van der Waals surface area contributed by atoms with Gasteiger partial charge in [-0.1, -0.05) is 42.1 Å². The van der Waals surface area contributed by atoms with Crippen LogP contribution in [-0.2, 0) is 9.59 Å². The summed E-state index contributed by atoms with van der Waals surface area (Å²) in [4.78, 5) is 25.7. The molecular weight excluding hydrogens is 467 g/mol. The molecule has 1 aromatic heterocycles. The van der Waals surface area contributed by atoms with E-state index in [1.807, 2.05) is 18.2 Å². The number of para-hydroxylation sites is 2. The van der Waals surface area contributed by atoms with Crippen LogP contribution >= 0.6 is 11.8 Å². The number of nitrogens with one attached hydrogen (secondary N) is 3. The average molecular weight is 489 g/mol. The van der Waals surface area contributed by atoms with E-state index in [4.69, 9.17) is 4.42 Å². The second-order valence-electron chi connectivity index (χ2n) is 7.60. The van der Waals surface area contributed by atoms with Crippen molar-refractivity contribution in [3.8, 4) is 6.07 Å². The minimum absolute atomic E-state index is 0.0774. The van der Waals surface area contributed by atoms with Gasteiger partial charge < -0.3 is 20.4 Å². The molecule has 4 rings (SSSR count). The number of nitrogens with zero attached hydrogens (tertiary/aromatic N) is 1. The van der Waals surface area contributed by atoms with Gasteiger partial charge in [-0.3, -0.25) is 9.59 Å². The minimum Gasteiger partial charge on any atom is -0.468 e. The molecular formula is C26H21FN4O3S. The van der Waals surface area contributed by atoms with Gasteiger partial charge in [-0.2, -0.15) is 5.26 Å². The Morgan fingerprint density at radius 3 is 2.51 bits per heavy atom. The van der Waals surface area contributed by atoms with E-state index in [0.717, 1.165) is 11.8 Å². The van der Waals surface area contributed by atoms with Crippen LogP contribution in [0, 0.1) is 17.1 Å². The third kappa shape index (κ3) is 5.45. The summed E-state index contributed by atoms with van der Waals surface area (Å²) in [6.07, 6.45) is 1.48. The molecule has 2 heterocycles. The zero-order chi connectivity index (χ0) is 24.8. The third-order valence-corrected chi connectivity index (χ3v) is 6.26. The number of carbonyl (C=O) groups is 2. The number of carbonyl (C=O) groups excluding carboxylic acids is 2. The van der Waals surface area contributed by atoms with Gasteiger partial charge in [-0.25, -0.2) is 4.39 Å². The van der Waals surface area contributed by atoms with Crippen molar-refractivity contribution in [2.24, 2.45) is 0 Å². The SMILES string of the molecule is CC1=C(C(=O)Nc2ccccc2)[C@H](c2ccco2)C(C#N)=C(SCC(=O)Nc2ccccc2F)N1. The largest absolute Gasteiger partial charge is 0.468 e. The number of allylic oxidation sites excluding steroid dienone is 2. The summed E-state index contributed by atoms with van der Waals surface area (Å²) >= 11 is 1.09. The van der Waals surface area contributed by atoms with Crippen LogP contribution in [0.5, 0.6) is 0 Å². The van der Waals surface area contributed by atoms with Crippen molar-refractivity contribution in [3.05, 3.63) is 106 Å². The maximum absolute atomic E-state index is 13.9. The molecule has 3 aromatic rings. The van der Waals surface area contributed by atoms with Crippen LogP contribution in [0.25, 0.3) is 0 Å². The second kappa shape index (κ2) is 10.8. The zero-order valence-electron chi connectivity index (χ0n) is 18.7. The van der Waals surface area contributed by atoms with E-state index < -0.39 is 17.6 Å². The molecule has 35 heavy (non-hydrogen) atoms. The molecule has 2 aromatic carbocycles. The second-order valence-corrected chi connectivity index (χ2v) is 8.59. The Morgan fingerprint density at radius 1 is 1.09 bits per heavy atom. The van der Waals surface area contributed by atoms with Gasteiger partial charge in [-0.05, 0) is 43.3 Å². The predicted octanol–water partition coefficient (Wildman–Crippen LogP) is 5.13. The van der Waals surface area contributed by atoms with Crippen LogP contribution in [-0.4, -0.2) is 17.6 Å². The summed E-state index contributed by atoms with van der Waals surface area (Å²) in [5.41, 5.74) is 1.79. The van der Waals surface area contributed by atoms with Crippen LogP contribution in [0.4, 0.5) is 15.8 Å². The lowest BCUT2D eigenvalue weighted by molar-refractivity contribution is -0.114. The van der Waals surface area contributed by atoms with Crippen molar-refractivity contribution in [2.45, 2.75) is 12.8 Å². The third-order valence-electron chi connectivity index (χ3n) is 5.25. The first-order valence-corrected chi connectivity index (χ1v) is 11.7. The Morgan fingerprint density at radius 2 is 1.83 bits per heavy atom. The van der Waals surface area contributed by atoms with E-state index in [1.165, 1.54) is 24.5 Å². The molecule has 2 amide bonds. The fourth-order valence-electron chi connectivity index (χ4n) is 3.67. The summed E-state index contributed by atoms with van der Waals surface area (Å²) in [6, 6.07) is 20.4. The van der Waals surface area contributed by atoms with E-state index in [1.54, 1.807) is 37.3 Å². The van der Waals surface area contributed by atoms with Gasteiger partial charge in [0.25, 0.3) is 5.91 Å². The van der Waals surface area contributed by atoms with Crippen molar-refractivity contribution in [2.75, 3.05) is 16.4 Å². The summed E-state index contributed by atoms with van der Waals surface area (Å²) in [5.74, 6) is -1.77. The summed E-state index contributed by atoms with van der Waals surface area (Å²) in [5, 5.41) is 18.9. The molecule has 0 radical (unpaired) electrons. The highest BCUT2D eigenvalue weighted by Gasteiger charge is 2.36. The van der Waals surface area contributed by atoms with E-state index in [-0.39, 0.29) is 22.9 Å². The molecule has 0 fully saturated rings. The van der Waals surface area contributed by atoms with Gasteiger partial charge in [0.1, 0.15) is 11.6 Å². The molecule has 0 bridgehead atoms. The Labute approximate surface area is 205 Å². The Bertz CT molecular complexity index is 1340. The summed E-state index contributed by atoms with van der Waals surface area (Å²) in [7, 11) is 0. The van der Waals surface area contributed by atoms with Crippen molar-refractivity contribution < 1.29 is 18.4 Å². The highest BCUT2D eigenvalue weighted by Crippen LogP contribution is 2.41. The van der Waals surface area contributed by atoms with E-state index in [0.29, 0.717) is 27.7 Å². The van der Waals surface area contributed by atoms with Crippen LogP contribution < -0.4 is 16.0 Å². The van der Waals surface area contributed by atoms with Crippen LogP contribution in [0.15, 0.2) is 99.3 Å². The first kappa shape index (κ1) is 23.9. The number of thioether (sulfide) groups is 1. The molecule has 7 nitrogen and oxygen atoms in total. The van der Waals surface area contributed by atoms with Gasteiger partial charge in [0.2, 0.25) is 5.91 Å². The number of benzene rings is 2. The Hall–Kier alpha value is -4.29. The quantitative estimate of drug-likeness (QED) is 0.426. The van der Waals surface area contributed by atoms with Crippen LogP contribution in [0.3, 0.4) is 0 Å².